The fourth-order valence-corrected chi connectivity index (χ4v) is 1.44. The first-order valence-electron chi connectivity index (χ1n) is 4.72. The number of unbranched alkanes of at least 4 members (excludes halogenated alkanes) is 1. The largest absolute Gasteiger partial charge is 0.443 e. The minimum Gasteiger partial charge on any atom is -0.443 e. The van der Waals surface area contributed by atoms with E-state index in [2.05, 4.69) is 24.0 Å². The zero-order valence-electron chi connectivity index (χ0n) is 7.79. The van der Waals surface area contributed by atoms with Gasteiger partial charge in [0.2, 0.25) is 0 Å². The number of aryl methyl sites for hydroxylation is 1. The fraction of sp³-hybridized carbons (Fsp3) is 0.364. The predicted octanol–water partition coefficient (Wildman–Crippen LogP) is 3.17. The normalized spacial score (nSPS) is 10.8. The van der Waals surface area contributed by atoms with Crippen LogP contribution in [0.15, 0.2) is 29.0 Å². The molecule has 0 aliphatic heterocycles. The second-order valence-corrected chi connectivity index (χ2v) is 3.26. The van der Waals surface area contributed by atoms with Gasteiger partial charge in [0.15, 0.2) is 12.0 Å². The van der Waals surface area contributed by atoms with Gasteiger partial charge in [-0.15, -0.1) is 0 Å². The quantitative estimate of drug-likeness (QED) is 0.716. The summed E-state index contributed by atoms with van der Waals surface area (Å²) in [4.78, 5) is 4.07. The van der Waals surface area contributed by atoms with E-state index in [0.717, 1.165) is 17.5 Å². The van der Waals surface area contributed by atoms with Crippen LogP contribution in [0.1, 0.15) is 25.3 Å². The molecule has 1 aromatic carbocycles. The zero-order valence-corrected chi connectivity index (χ0v) is 7.79. The second kappa shape index (κ2) is 3.60. The van der Waals surface area contributed by atoms with Crippen LogP contribution in [-0.2, 0) is 6.42 Å². The molecule has 1 heterocycles. The highest BCUT2D eigenvalue weighted by Crippen LogP contribution is 2.15. The molecule has 0 saturated heterocycles. The van der Waals surface area contributed by atoms with Gasteiger partial charge in [0, 0.05) is 0 Å². The molecule has 2 heteroatoms. The van der Waals surface area contributed by atoms with Crippen LogP contribution in [0.5, 0.6) is 0 Å². The van der Waals surface area contributed by atoms with E-state index in [1.165, 1.54) is 24.8 Å². The van der Waals surface area contributed by atoms with Crippen molar-refractivity contribution in [2.24, 2.45) is 0 Å². The molecule has 2 rings (SSSR count). The molecule has 0 unspecified atom stereocenters. The maximum Gasteiger partial charge on any atom is 0.181 e. The molecule has 0 atom stereocenters. The van der Waals surface area contributed by atoms with Gasteiger partial charge in [0.05, 0.1) is 0 Å². The number of oxazole rings is 1. The first-order valence-corrected chi connectivity index (χ1v) is 4.72. The summed E-state index contributed by atoms with van der Waals surface area (Å²) in [6.07, 6.45) is 5.09. The van der Waals surface area contributed by atoms with Crippen LogP contribution < -0.4 is 0 Å². The Labute approximate surface area is 77.6 Å². The van der Waals surface area contributed by atoms with Crippen LogP contribution >= 0.6 is 0 Å². The Kier molecular flexibility index (Phi) is 2.30. The molecule has 13 heavy (non-hydrogen) atoms. The lowest BCUT2D eigenvalue weighted by Gasteiger charge is -1.97. The van der Waals surface area contributed by atoms with E-state index in [-0.39, 0.29) is 0 Å². The van der Waals surface area contributed by atoms with E-state index in [4.69, 9.17) is 4.42 Å². The minimum atomic E-state index is 0.897. The Morgan fingerprint density at radius 3 is 3.15 bits per heavy atom. The maximum atomic E-state index is 5.23. The Morgan fingerprint density at radius 2 is 2.31 bits per heavy atom. The highest BCUT2D eigenvalue weighted by Gasteiger charge is 1.99. The first kappa shape index (κ1) is 8.30. The van der Waals surface area contributed by atoms with Gasteiger partial charge < -0.3 is 4.42 Å². The van der Waals surface area contributed by atoms with Crippen LogP contribution in [-0.4, -0.2) is 4.98 Å². The SMILES string of the molecule is CCCCc1ccc2ncoc2c1. The third-order valence-electron chi connectivity index (χ3n) is 2.21. The molecule has 0 fully saturated rings. The van der Waals surface area contributed by atoms with Crippen LogP contribution in [0.4, 0.5) is 0 Å². The van der Waals surface area contributed by atoms with Crippen molar-refractivity contribution in [3.05, 3.63) is 30.2 Å². The number of benzene rings is 1. The maximum absolute atomic E-state index is 5.23. The van der Waals surface area contributed by atoms with Crippen LogP contribution in [0.2, 0.25) is 0 Å². The van der Waals surface area contributed by atoms with Gasteiger partial charge in [-0.2, -0.15) is 0 Å². The van der Waals surface area contributed by atoms with Gasteiger partial charge in [-0.05, 0) is 30.5 Å². The van der Waals surface area contributed by atoms with Crippen molar-refractivity contribution in [1.82, 2.24) is 4.98 Å². The van der Waals surface area contributed by atoms with Gasteiger partial charge in [-0.25, -0.2) is 4.98 Å². The van der Waals surface area contributed by atoms with Crippen molar-refractivity contribution in [2.45, 2.75) is 26.2 Å². The van der Waals surface area contributed by atoms with Crippen molar-refractivity contribution >= 4 is 11.1 Å². The van der Waals surface area contributed by atoms with Crippen molar-refractivity contribution < 1.29 is 4.42 Å². The summed E-state index contributed by atoms with van der Waals surface area (Å²) in [6.45, 7) is 2.20. The third kappa shape index (κ3) is 1.72. The van der Waals surface area contributed by atoms with E-state index < -0.39 is 0 Å². The standard InChI is InChI=1S/C11H13NO/c1-2-3-4-9-5-6-10-11(7-9)13-8-12-10/h5-8H,2-4H2,1H3. The number of hydrogen-bond donors (Lipinski definition) is 0. The summed E-state index contributed by atoms with van der Waals surface area (Å²) in [5.41, 5.74) is 3.18. The molecule has 2 aromatic rings. The molecule has 2 nitrogen and oxygen atoms in total. The molecule has 0 bridgehead atoms. The molecule has 0 aliphatic carbocycles. The monoisotopic (exact) mass is 175 g/mol. The molecule has 0 spiro atoms. The van der Waals surface area contributed by atoms with Crippen LogP contribution in [0.3, 0.4) is 0 Å². The molecular weight excluding hydrogens is 162 g/mol. The van der Waals surface area contributed by atoms with E-state index >= 15 is 0 Å². The van der Waals surface area contributed by atoms with Crippen molar-refractivity contribution in [3.8, 4) is 0 Å². The Morgan fingerprint density at radius 1 is 1.38 bits per heavy atom. The summed E-state index contributed by atoms with van der Waals surface area (Å²) in [5.74, 6) is 0. The molecular formula is C11H13NO. The molecule has 68 valence electrons. The molecule has 1 aromatic heterocycles. The summed E-state index contributed by atoms with van der Waals surface area (Å²) in [7, 11) is 0. The van der Waals surface area contributed by atoms with Gasteiger partial charge in [0.1, 0.15) is 5.52 Å². The number of nitrogens with zero attached hydrogens (tertiary/aromatic N) is 1. The summed E-state index contributed by atoms with van der Waals surface area (Å²) >= 11 is 0. The highest BCUT2D eigenvalue weighted by atomic mass is 16.3. The lowest BCUT2D eigenvalue weighted by Crippen LogP contribution is -1.83. The van der Waals surface area contributed by atoms with E-state index in [1.807, 2.05) is 6.07 Å². The molecule has 0 radical (unpaired) electrons. The lowest BCUT2D eigenvalue weighted by atomic mass is 10.1. The number of rotatable bonds is 3. The zero-order chi connectivity index (χ0) is 9.10. The Bertz CT molecular complexity index is 392. The number of fused-ring (bicyclic) bond motifs is 1. The number of hydrogen-bond acceptors (Lipinski definition) is 2. The Balaban J connectivity index is 2.26. The highest BCUT2D eigenvalue weighted by molar-refractivity contribution is 5.72. The average molecular weight is 175 g/mol. The van der Waals surface area contributed by atoms with Crippen LogP contribution in [0.25, 0.3) is 11.1 Å². The lowest BCUT2D eigenvalue weighted by molar-refractivity contribution is 0.601. The van der Waals surface area contributed by atoms with Gasteiger partial charge >= 0.3 is 0 Å². The average Bonchev–Trinajstić information content (AvgIpc) is 2.61. The van der Waals surface area contributed by atoms with Gasteiger partial charge in [0.25, 0.3) is 0 Å². The summed E-state index contributed by atoms with van der Waals surface area (Å²) < 4.78 is 5.23. The van der Waals surface area contributed by atoms with Crippen molar-refractivity contribution in [3.63, 3.8) is 0 Å². The van der Waals surface area contributed by atoms with E-state index in [1.54, 1.807) is 0 Å². The van der Waals surface area contributed by atoms with E-state index in [0.29, 0.717) is 0 Å². The fourth-order valence-electron chi connectivity index (χ4n) is 1.44. The number of aromatic nitrogens is 1. The third-order valence-corrected chi connectivity index (χ3v) is 2.21. The second-order valence-electron chi connectivity index (χ2n) is 3.26. The molecule has 0 amide bonds. The van der Waals surface area contributed by atoms with Crippen LogP contribution in [0, 0.1) is 0 Å². The smallest absolute Gasteiger partial charge is 0.181 e. The predicted molar refractivity (Wildman–Crippen MR) is 52.6 cm³/mol. The van der Waals surface area contributed by atoms with Crippen molar-refractivity contribution in [1.29, 1.82) is 0 Å². The summed E-state index contributed by atoms with van der Waals surface area (Å²) in [6, 6.07) is 6.22. The van der Waals surface area contributed by atoms with Gasteiger partial charge in [-0.1, -0.05) is 19.4 Å². The molecule has 0 saturated carbocycles. The van der Waals surface area contributed by atoms with Crippen molar-refractivity contribution in [2.75, 3.05) is 0 Å². The topological polar surface area (TPSA) is 26.0 Å². The first-order chi connectivity index (χ1) is 6.40. The minimum absolute atomic E-state index is 0.897. The molecule has 0 N–H and O–H groups in total. The van der Waals surface area contributed by atoms with E-state index in [9.17, 15) is 0 Å². The van der Waals surface area contributed by atoms with Gasteiger partial charge in [-0.3, -0.25) is 0 Å². The Hall–Kier alpha value is -1.31. The molecule has 0 aliphatic rings. The summed E-state index contributed by atoms with van der Waals surface area (Å²) in [5, 5.41) is 0.